The highest BCUT2D eigenvalue weighted by atomic mass is 16.5. The number of ether oxygens (including phenoxy) is 1. The molecule has 4 rings (SSSR count). The van der Waals surface area contributed by atoms with Gasteiger partial charge in [0.2, 0.25) is 0 Å². The van der Waals surface area contributed by atoms with Gasteiger partial charge < -0.3 is 18.7 Å². The second-order valence-electron chi connectivity index (χ2n) is 6.37. The normalized spacial score (nSPS) is 21.0. The van der Waals surface area contributed by atoms with E-state index < -0.39 is 0 Å². The lowest BCUT2D eigenvalue weighted by atomic mass is 10.1. The number of rotatable bonds is 2. The van der Waals surface area contributed by atoms with Crippen molar-refractivity contribution >= 4 is 16.8 Å². The maximum atomic E-state index is 13.3. The van der Waals surface area contributed by atoms with Crippen molar-refractivity contribution in [2.75, 3.05) is 13.2 Å². The monoisotopic (exact) mass is 340 g/mol. The first-order chi connectivity index (χ1) is 12.1. The molecule has 0 aliphatic carbocycles. The Morgan fingerprint density at radius 3 is 2.88 bits per heavy atom. The van der Waals surface area contributed by atoms with Crippen LogP contribution in [0.5, 0.6) is 0 Å². The highest BCUT2D eigenvalue weighted by Crippen LogP contribution is 2.31. The molecule has 1 fully saturated rings. The van der Waals surface area contributed by atoms with Gasteiger partial charge in [-0.3, -0.25) is 4.79 Å². The molecule has 2 aromatic heterocycles. The van der Waals surface area contributed by atoms with Crippen LogP contribution in [0.4, 0.5) is 0 Å². The molecule has 1 amide bonds. The van der Waals surface area contributed by atoms with Gasteiger partial charge in [-0.25, -0.2) is 0 Å². The predicted octanol–water partition coefficient (Wildman–Crippen LogP) is 2.47. The van der Waals surface area contributed by atoms with Crippen LogP contribution in [-0.2, 0) is 11.8 Å². The first-order valence-corrected chi connectivity index (χ1v) is 8.33. The van der Waals surface area contributed by atoms with Crippen LogP contribution in [0, 0.1) is 6.92 Å². The zero-order valence-electron chi connectivity index (χ0n) is 14.5. The average molecular weight is 340 g/mol. The second kappa shape index (κ2) is 6.00. The van der Waals surface area contributed by atoms with E-state index in [0.717, 1.165) is 10.9 Å². The third-order valence-corrected chi connectivity index (χ3v) is 4.68. The van der Waals surface area contributed by atoms with Crippen molar-refractivity contribution in [2.24, 2.45) is 7.05 Å². The minimum atomic E-state index is -0.388. The quantitative estimate of drug-likeness (QED) is 0.716. The lowest BCUT2D eigenvalue weighted by Gasteiger charge is -2.37. The van der Waals surface area contributed by atoms with Crippen molar-refractivity contribution in [1.29, 1.82) is 0 Å². The van der Waals surface area contributed by atoms with E-state index in [0.29, 0.717) is 30.4 Å². The molecule has 7 heteroatoms. The summed E-state index contributed by atoms with van der Waals surface area (Å²) in [6.45, 7) is 4.66. The van der Waals surface area contributed by atoms with Gasteiger partial charge in [-0.15, -0.1) is 0 Å². The molecule has 0 spiro atoms. The van der Waals surface area contributed by atoms with E-state index in [-0.39, 0.29) is 18.1 Å². The van der Waals surface area contributed by atoms with Crippen molar-refractivity contribution in [3.8, 4) is 0 Å². The van der Waals surface area contributed by atoms with E-state index in [2.05, 4.69) is 10.1 Å². The molecule has 2 atom stereocenters. The van der Waals surface area contributed by atoms with Gasteiger partial charge in [0.25, 0.3) is 11.8 Å². The lowest BCUT2D eigenvalue weighted by Crippen LogP contribution is -2.47. The molecule has 7 nitrogen and oxygen atoms in total. The van der Waals surface area contributed by atoms with Crippen LogP contribution in [0.2, 0.25) is 0 Å². The number of morpholine rings is 1. The summed E-state index contributed by atoms with van der Waals surface area (Å²) in [5.41, 5.74) is 1.70. The first kappa shape index (κ1) is 15.8. The highest BCUT2D eigenvalue weighted by Gasteiger charge is 2.38. The molecule has 3 aromatic rings. The van der Waals surface area contributed by atoms with E-state index >= 15 is 0 Å². The van der Waals surface area contributed by atoms with Gasteiger partial charge >= 0.3 is 0 Å². The standard InChI is InChI=1S/C18H20N4O3/c1-11-16(17-19-12(2)20-25-17)22(8-9-24-11)18(23)14-10-21(3)15-7-5-4-6-13(14)15/h4-7,10-11,16H,8-9H2,1-3H3/t11-,16+/m1/s1. The number of amides is 1. The molecule has 1 aromatic carbocycles. The summed E-state index contributed by atoms with van der Waals surface area (Å²) in [5.74, 6) is 0.913. The van der Waals surface area contributed by atoms with Crippen LogP contribution in [0.15, 0.2) is 35.0 Å². The molecule has 0 bridgehead atoms. The van der Waals surface area contributed by atoms with Gasteiger partial charge in [-0.1, -0.05) is 23.4 Å². The molecule has 3 heterocycles. The predicted molar refractivity (Wildman–Crippen MR) is 91.1 cm³/mol. The molecule has 0 N–H and O–H groups in total. The molecule has 0 saturated carbocycles. The van der Waals surface area contributed by atoms with Crippen LogP contribution >= 0.6 is 0 Å². The van der Waals surface area contributed by atoms with Crippen molar-refractivity contribution < 1.29 is 14.1 Å². The topological polar surface area (TPSA) is 73.4 Å². The Bertz CT molecular complexity index is 929. The maximum absolute atomic E-state index is 13.3. The molecule has 1 saturated heterocycles. The van der Waals surface area contributed by atoms with Gasteiger partial charge in [-0.2, -0.15) is 4.98 Å². The highest BCUT2D eigenvalue weighted by molar-refractivity contribution is 6.07. The number of aromatic nitrogens is 3. The minimum Gasteiger partial charge on any atom is -0.374 e. The Balaban J connectivity index is 1.76. The molecular formula is C18H20N4O3. The second-order valence-corrected chi connectivity index (χ2v) is 6.37. The van der Waals surface area contributed by atoms with Crippen molar-refractivity contribution in [3.05, 3.63) is 47.7 Å². The number of aryl methyl sites for hydroxylation is 2. The Morgan fingerprint density at radius 2 is 2.12 bits per heavy atom. The molecular weight excluding hydrogens is 320 g/mol. The Morgan fingerprint density at radius 1 is 1.32 bits per heavy atom. The largest absolute Gasteiger partial charge is 0.374 e. The molecule has 0 radical (unpaired) electrons. The van der Waals surface area contributed by atoms with E-state index in [1.807, 2.05) is 49.0 Å². The third kappa shape index (κ3) is 2.60. The van der Waals surface area contributed by atoms with E-state index in [9.17, 15) is 4.79 Å². The maximum Gasteiger partial charge on any atom is 0.256 e. The fraction of sp³-hybridized carbons (Fsp3) is 0.389. The summed E-state index contributed by atoms with van der Waals surface area (Å²) in [6.07, 6.45) is 1.66. The number of nitrogens with zero attached hydrogens (tertiary/aromatic N) is 4. The van der Waals surface area contributed by atoms with Crippen LogP contribution in [-0.4, -0.2) is 44.8 Å². The SMILES string of the molecule is Cc1noc([C@@H]2[C@@H](C)OCCN2C(=O)c2cn(C)c3ccccc23)n1. The summed E-state index contributed by atoms with van der Waals surface area (Å²) in [5, 5.41) is 4.80. The van der Waals surface area contributed by atoms with Gasteiger partial charge in [0.05, 0.1) is 18.3 Å². The third-order valence-electron chi connectivity index (χ3n) is 4.68. The van der Waals surface area contributed by atoms with Gasteiger partial charge in [0.1, 0.15) is 6.04 Å². The summed E-state index contributed by atoms with van der Waals surface area (Å²) in [7, 11) is 1.94. The molecule has 0 unspecified atom stereocenters. The Kier molecular flexibility index (Phi) is 3.80. The van der Waals surface area contributed by atoms with E-state index in [4.69, 9.17) is 9.26 Å². The zero-order valence-corrected chi connectivity index (χ0v) is 14.5. The van der Waals surface area contributed by atoms with Crippen molar-refractivity contribution in [1.82, 2.24) is 19.6 Å². The van der Waals surface area contributed by atoms with Gasteiger partial charge in [0, 0.05) is 30.7 Å². The summed E-state index contributed by atoms with van der Waals surface area (Å²) < 4.78 is 13.0. The van der Waals surface area contributed by atoms with Crippen LogP contribution < -0.4 is 0 Å². The number of hydrogen-bond acceptors (Lipinski definition) is 5. The summed E-state index contributed by atoms with van der Waals surface area (Å²) in [4.78, 5) is 19.4. The summed E-state index contributed by atoms with van der Waals surface area (Å²) >= 11 is 0. The Hall–Kier alpha value is -2.67. The van der Waals surface area contributed by atoms with E-state index in [1.54, 1.807) is 11.8 Å². The number of hydrogen-bond donors (Lipinski definition) is 0. The zero-order chi connectivity index (χ0) is 17.6. The Labute approximate surface area is 145 Å². The van der Waals surface area contributed by atoms with Crippen LogP contribution in [0.3, 0.4) is 0 Å². The number of carbonyl (C=O) groups is 1. The minimum absolute atomic E-state index is 0.0483. The average Bonchev–Trinajstić information content (AvgIpc) is 3.18. The van der Waals surface area contributed by atoms with Crippen LogP contribution in [0.25, 0.3) is 10.9 Å². The first-order valence-electron chi connectivity index (χ1n) is 8.33. The van der Waals surface area contributed by atoms with Gasteiger partial charge in [0.15, 0.2) is 5.82 Å². The fourth-order valence-electron chi connectivity index (χ4n) is 3.48. The summed E-state index contributed by atoms with van der Waals surface area (Å²) in [6, 6.07) is 7.50. The van der Waals surface area contributed by atoms with Gasteiger partial charge in [-0.05, 0) is 19.9 Å². The number of para-hydroxylation sites is 1. The molecule has 1 aliphatic heterocycles. The van der Waals surface area contributed by atoms with Crippen LogP contribution in [0.1, 0.15) is 35.0 Å². The smallest absolute Gasteiger partial charge is 0.256 e. The van der Waals surface area contributed by atoms with Crippen molar-refractivity contribution in [2.45, 2.75) is 26.0 Å². The number of benzene rings is 1. The number of carbonyl (C=O) groups excluding carboxylic acids is 1. The molecule has 1 aliphatic rings. The lowest BCUT2D eigenvalue weighted by molar-refractivity contribution is -0.0599. The molecule has 25 heavy (non-hydrogen) atoms. The molecule has 130 valence electrons. The fourth-order valence-corrected chi connectivity index (χ4v) is 3.48. The van der Waals surface area contributed by atoms with E-state index in [1.165, 1.54) is 0 Å². The number of fused-ring (bicyclic) bond motifs is 1. The van der Waals surface area contributed by atoms with Crippen molar-refractivity contribution in [3.63, 3.8) is 0 Å².